The molecule has 0 bridgehead atoms. The van der Waals surface area contributed by atoms with Crippen molar-refractivity contribution in [1.82, 2.24) is 5.32 Å². The Labute approximate surface area is 85.5 Å². The lowest BCUT2D eigenvalue weighted by Gasteiger charge is -2.02. The van der Waals surface area contributed by atoms with Crippen LogP contribution in [0, 0.1) is 0 Å². The molecule has 1 N–H and O–H groups in total. The minimum Gasteiger partial charge on any atom is -0.316 e. The molecule has 0 aromatic rings. The minimum absolute atomic E-state index is 1.18. The lowest BCUT2D eigenvalue weighted by Crippen LogP contribution is -2.18. The lowest BCUT2D eigenvalue weighted by molar-refractivity contribution is 0.669. The van der Waals surface area contributed by atoms with Gasteiger partial charge in [0.05, 0.1) is 0 Å². The second-order valence-electron chi connectivity index (χ2n) is 2.65. The molecule has 3 heteroatoms. The molecule has 0 aromatic heterocycles. The Hall–Kier alpha value is 0.660. The van der Waals surface area contributed by atoms with E-state index in [1.807, 2.05) is 23.5 Å². The molecule has 0 aliphatic rings. The molecule has 0 saturated heterocycles. The third-order valence-electron chi connectivity index (χ3n) is 1.58. The fraction of sp³-hybridized carbons (Fsp3) is 1.00. The van der Waals surface area contributed by atoms with Gasteiger partial charge in [-0.2, -0.15) is 23.5 Å². The van der Waals surface area contributed by atoms with E-state index in [-0.39, 0.29) is 0 Å². The Morgan fingerprint density at radius 3 is 2.58 bits per heavy atom. The number of hydrogen-bond acceptors (Lipinski definition) is 3. The Morgan fingerprint density at radius 2 is 1.92 bits per heavy atom. The van der Waals surface area contributed by atoms with Gasteiger partial charge in [-0.25, -0.2) is 0 Å². The Morgan fingerprint density at radius 1 is 1.08 bits per heavy atom. The first-order chi connectivity index (χ1) is 5.91. The molecule has 1 nitrogen and oxygen atoms in total. The Kier molecular flexibility index (Phi) is 12.3. The van der Waals surface area contributed by atoms with Crippen molar-refractivity contribution in [2.75, 3.05) is 36.6 Å². The zero-order valence-corrected chi connectivity index (χ0v) is 9.90. The van der Waals surface area contributed by atoms with Crippen LogP contribution in [0.25, 0.3) is 0 Å². The average Bonchev–Trinajstić information content (AvgIpc) is 2.10. The van der Waals surface area contributed by atoms with Crippen LogP contribution in [0.3, 0.4) is 0 Å². The van der Waals surface area contributed by atoms with Gasteiger partial charge in [-0.3, -0.25) is 0 Å². The summed E-state index contributed by atoms with van der Waals surface area (Å²) >= 11 is 3.95. The van der Waals surface area contributed by atoms with E-state index in [1.54, 1.807) is 0 Å². The van der Waals surface area contributed by atoms with Crippen LogP contribution in [0.15, 0.2) is 0 Å². The van der Waals surface area contributed by atoms with Crippen LogP contribution in [0.5, 0.6) is 0 Å². The molecule has 0 fully saturated rings. The van der Waals surface area contributed by atoms with Crippen molar-refractivity contribution in [3.05, 3.63) is 0 Å². The normalized spacial score (nSPS) is 10.5. The van der Waals surface area contributed by atoms with Gasteiger partial charge in [0.25, 0.3) is 0 Å². The van der Waals surface area contributed by atoms with Gasteiger partial charge >= 0.3 is 0 Å². The Bertz CT molecular complexity index is 68.9. The second kappa shape index (κ2) is 11.7. The minimum atomic E-state index is 1.18. The first-order valence-corrected chi connectivity index (χ1v) is 7.24. The third-order valence-corrected chi connectivity index (χ3v) is 3.18. The van der Waals surface area contributed by atoms with Gasteiger partial charge in [-0.1, -0.05) is 6.92 Å². The highest BCUT2D eigenvalue weighted by Gasteiger charge is 1.88. The first-order valence-electron chi connectivity index (χ1n) is 4.69. The highest BCUT2D eigenvalue weighted by atomic mass is 32.2. The van der Waals surface area contributed by atoms with E-state index < -0.39 is 0 Å². The standard InChI is InChI=1S/C9H21NS2/c1-3-12-9-7-10-6-4-5-8-11-2/h10H,3-9H2,1-2H3. The van der Waals surface area contributed by atoms with E-state index in [1.165, 1.54) is 43.2 Å². The molecule has 12 heavy (non-hydrogen) atoms. The highest BCUT2D eigenvalue weighted by Crippen LogP contribution is 1.98. The molecule has 0 saturated carbocycles. The molecule has 0 atom stereocenters. The van der Waals surface area contributed by atoms with E-state index in [0.29, 0.717) is 0 Å². The van der Waals surface area contributed by atoms with Crippen LogP contribution in [0.4, 0.5) is 0 Å². The predicted octanol–water partition coefficient (Wildman–Crippen LogP) is 2.47. The van der Waals surface area contributed by atoms with Gasteiger partial charge in [0, 0.05) is 12.3 Å². The topological polar surface area (TPSA) is 12.0 Å². The van der Waals surface area contributed by atoms with Crippen molar-refractivity contribution in [3.8, 4) is 0 Å². The molecule has 0 heterocycles. The van der Waals surface area contributed by atoms with Crippen LogP contribution in [0.1, 0.15) is 19.8 Å². The highest BCUT2D eigenvalue weighted by molar-refractivity contribution is 7.99. The van der Waals surface area contributed by atoms with Crippen molar-refractivity contribution in [1.29, 1.82) is 0 Å². The maximum Gasteiger partial charge on any atom is 0.00579 e. The van der Waals surface area contributed by atoms with Crippen molar-refractivity contribution >= 4 is 23.5 Å². The molecule has 0 aliphatic heterocycles. The smallest absolute Gasteiger partial charge is 0.00579 e. The van der Waals surface area contributed by atoms with Gasteiger partial charge in [0.2, 0.25) is 0 Å². The number of rotatable bonds is 9. The number of unbranched alkanes of at least 4 members (excludes halogenated alkanes) is 1. The summed E-state index contributed by atoms with van der Waals surface area (Å²) in [6, 6.07) is 0. The van der Waals surface area contributed by atoms with Crippen molar-refractivity contribution in [2.24, 2.45) is 0 Å². The number of hydrogen-bond donors (Lipinski definition) is 1. The summed E-state index contributed by atoms with van der Waals surface area (Å²) in [7, 11) is 0. The summed E-state index contributed by atoms with van der Waals surface area (Å²) in [5.74, 6) is 3.82. The fourth-order valence-corrected chi connectivity index (χ4v) is 1.98. The molecule has 0 rings (SSSR count). The van der Waals surface area contributed by atoms with E-state index in [0.717, 1.165) is 0 Å². The number of nitrogens with one attached hydrogen (secondary N) is 1. The average molecular weight is 207 g/mol. The SMILES string of the molecule is CCSCCNCCCCSC. The Balaban J connectivity index is 2.73. The molecule has 0 aliphatic carbocycles. The summed E-state index contributed by atoms with van der Waals surface area (Å²) in [5, 5.41) is 3.45. The van der Waals surface area contributed by atoms with Gasteiger partial charge in [-0.15, -0.1) is 0 Å². The zero-order valence-electron chi connectivity index (χ0n) is 8.27. The molecule has 0 unspecified atom stereocenters. The van der Waals surface area contributed by atoms with E-state index in [9.17, 15) is 0 Å². The summed E-state index contributed by atoms with van der Waals surface area (Å²) in [4.78, 5) is 0. The number of thioether (sulfide) groups is 2. The van der Waals surface area contributed by atoms with Crippen LogP contribution >= 0.6 is 23.5 Å². The summed E-state index contributed by atoms with van der Waals surface area (Å²) in [5.41, 5.74) is 0. The summed E-state index contributed by atoms with van der Waals surface area (Å²) in [6.45, 7) is 4.59. The van der Waals surface area contributed by atoms with Crippen LogP contribution in [0.2, 0.25) is 0 Å². The van der Waals surface area contributed by atoms with Crippen LogP contribution in [-0.4, -0.2) is 36.6 Å². The van der Waals surface area contributed by atoms with Gasteiger partial charge < -0.3 is 5.32 Å². The van der Waals surface area contributed by atoms with E-state index >= 15 is 0 Å². The quantitative estimate of drug-likeness (QED) is 0.583. The summed E-state index contributed by atoms with van der Waals surface area (Å²) in [6.07, 6.45) is 4.86. The predicted molar refractivity (Wildman–Crippen MR) is 63.5 cm³/mol. The maximum atomic E-state index is 3.45. The van der Waals surface area contributed by atoms with Crippen molar-refractivity contribution in [3.63, 3.8) is 0 Å². The lowest BCUT2D eigenvalue weighted by atomic mass is 10.3. The molecule has 74 valence electrons. The molecule has 0 aromatic carbocycles. The van der Waals surface area contributed by atoms with Crippen molar-refractivity contribution in [2.45, 2.75) is 19.8 Å². The fourth-order valence-electron chi connectivity index (χ4n) is 0.910. The van der Waals surface area contributed by atoms with Gasteiger partial charge in [0.1, 0.15) is 0 Å². The molecule has 0 spiro atoms. The van der Waals surface area contributed by atoms with E-state index in [4.69, 9.17) is 0 Å². The first kappa shape index (κ1) is 12.7. The molecular weight excluding hydrogens is 186 g/mol. The monoisotopic (exact) mass is 207 g/mol. The van der Waals surface area contributed by atoms with E-state index in [2.05, 4.69) is 18.5 Å². The molecule has 0 radical (unpaired) electrons. The van der Waals surface area contributed by atoms with Crippen LogP contribution < -0.4 is 5.32 Å². The maximum absolute atomic E-state index is 3.45. The molecular formula is C9H21NS2. The van der Waals surface area contributed by atoms with Gasteiger partial charge in [-0.05, 0) is 37.1 Å². The van der Waals surface area contributed by atoms with Gasteiger partial charge in [0.15, 0.2) is 0 Å². The van der Waals surface area contributed by atoms with Crippen molar-refractivity contribution < 1.29 is 0 Å². The largest absolute Gasteiger partial charge is 0.316 e. The second-order valence-corrected chi connectivity index (χ2v) is 5.03. The van der Waals surface area contributed by atoms with Crippen LogP contribution in [-0.2, 0) is 0 Å². The third kappa shape index (κ3) is 10.7. The summed E-state index contributed by atoms with van der Waals surface area (Å²) < 4.78 is 0. The zero-order chi connectivity index (χ0) is 9.07. The molecule has 0 amide bonds.